The Morgan fingerprint density at radius 3 is 2.59 bits per heavy atom. The van der Waals surface area contributed by atoms with Gasteiger partial charge in [-0.2, -0.15) is 0 Å². The second-order valence-corrected chi connectivity index (χ2v) is 7.44. The Labute approximate surface area is 171 Å². The molecule has 7 heteroatoms. The number of aromatic nitrogens is 1. The van der Waals surface area contributed by atoms with Crippen LogP contribution in [0.15, 0.2) is 22.7 Å². The Kier molecular flexibility index (Phi) is 6.56. The molecule has 7 nitrogen and oxygen atoms in total. The molecule has 0 saturated carbocycles. The van der Waals surface area contributed by atoms with Crippen LogP contribution in [0.2, 0.25) is 0 Å². The summed E-state index contributed by atoms with van der Waals surface area (Å²) < 4.78 is 16.3. The predicted octanol–water partition coefficient (Wildman–Crippen LogP) is 3.59. The summed E-state index contributed by atoms with van der Waals surface area (Å²) in [6.45, 7) is 9.16. The van der Waals surface area contributed by atoms with Gasteiger partial charge in [0.25, 0.3) is 5.91 Å². The van der Waals surface area contributed by atoms with Crippen molar-refractivity contribution in [1.29, 1.82) is 0 Å². The number of ether oxygens (including phenoxy) is 2. The van der Waals surface area contributed by atoms with Crippen molar-refractivity contribution in [3.63, 3.8) is 0 Å². The molecule has 1 amide bonds. The molecule has 29 heavy (non-hydrogen) atoms. The first-order valence-electron chi connectivity index (χ1n) is 10.0. The summed E-state index contributed by atoms with van der Waals surface area (Å²) in [5, 5.41) is 3.99. The Morgan fingerprint density at radius 2 is 1.93 bits per heavy atom. The zero-order chi connectivity index (χ0) is 21.0. The van der Waals surface area contributed by atoms with Crippen LogP contribution in [0, 0.1) is 26.7 Å². The van der Waals surface area contributed by atoms with Crippen molar-refractivity contribution in [2.45, 2.75) is 47.1 Å². The number of carbonyl (C=O) groups is 2. The van der Waals surface area contributed by atoms with Crippen LogP contribution in [0.5, 0.6) is 5.75 Å². The zero-order valence-electron chi connectivity index (χ0n) is 17.5. The van der Waals surface area contributed by atoms with E-state index < -0.39 is 0 Å². The van der Waals surface area contributed by atoms with Gasteiger partial charge in [0.15, 0.2) is 5.69 Å². The van der Waals surface area contributed by atoms with Crippen molar-refractivity contribution in [3.8, 4) is 5.75 Å². The van der Waals surface area contributed by atoms with Crippen LogP contribution >= 0.6 is 0 Å². The van der Waals surface area contributed by atoms with E-state index in [0.29, 0.717) is 43.9 Å². The highest BCUT2D eigenvalue weighted by molar-refractivity contribution is 5.94. The predicted molar refractivity (Wildman–Crippen MR) is 107 cm³/mol. The van der Waals surface area contributed by atoms with E-state index >= 15 is 0 Å². The van der Waals surface area contributed by atoms with Gasteiger partial charge in [-0.05, 0) is 52.2 Å². The Bertz CT molecular complexity index is 881. The molecule has 1 aromatic heterocycles. The molecule has 3 rings (SSSR count). The standard InChI is InChI=1S/C22H28N2O5/c1-5-27-22(26)17-8-10-24(11-9-17)21(25)20-18(16(4)29-23-20)13-28-19-7-6-14(2)12-15(19)3/h6-7,12,17H,5,8-11,13H2,1-4H3. The molecule has 2 heterocycles. The molecular weight excluding hydrogens is 372 g/mol. The number of aryl methyl sites for hydroxylation is 3. The van der Waals surface area contributed by atoms with Crippen LogP contribution in [0.25, 0.3) is 0 Å². The number of hydrogen-bond donors (Lipinski definition) is 0. The number of benzene rings is 1. The van der Waals surface area contributed by atoms with Gasteiger partial charge in [-0.3, -0.25) is 9.59 Å². The number of esters is 1. The molecule has 2 aromatic rings. The summed E-state index contributed by atoms with van der Waals surface area (Å²) in [4.78, 5) is 26.6. The maximum atomic E-state index is 13.0. The van der Waals surface area contributed by atoms with Gasteiger partial charge in [-0.25, -0.2) is 0 Å². The van der Waals surface area contributed by atoms with Crippen molar-refractivity contribution < 1.29 is 23.6 Å². The average Bonchev–Trinajstić information content (AvgIpc) is 3.07. The third-order valence-electron chi connectivity index (χ3n) is 5.29. The summed E-state index contributed by atoms with van der Waals surface area (Å²) in [5.74, 6) is 0.817. The molecule has 1 aromatic carbocycles. The molecule has 156 valence electrons. The Morgan fingerprint density at radius 1 is 1.21 bits per heavy atom. The fourth-order valence-corrected chi connectivity index (χ4v) is 3.57. The summed E-state index contributed by atoms with van der Waals surface area (Å²) in [5.41, 5.74) is 3.13. The summed E-state index contributed by atoms with van der Waals surface area (Å²) in [6.07, 6.45) is 1.19. The van der Waals surface area contributed by atoms with Gasteiger partial charge in [-0.15, -0.1) is 0 Å². The van der Waals surface area contributed by atoms with E-state index in [2.05, 4.69) is 11.2 Å². The topological polar surface area (TPSA) is 81.9 Å². The highest BCUT2D eigenvalue weighted by atomic mass is 16.5. The second-order valence-electron chi connectivity index (χ2n) is 7.44. The van der Waals surface area contributed by atoms with E-state index in [1.165, 1.54) is 0 Å². The number of rotatable bonds is 6. The maximum Gasteiger partial charge on any atom is 0.309 e. The summed E-state index contributed by atoms with van der Waals surface area (Å²) >= 11 is 0. The Balaban J connectivity index is 1.66. The van der Waals surface area contributed by atoms with Crippen molar-refractivity contribution in [2.75, 3.05) is 19.7 Å². The lowest BCUT2D eigenvalue weighted by Gasteiger charge is -2.30. The van der Waals surface area contributed by atoms with Crippen LogP contribution in [0.1, 0.15) is 52.7 Å². The summed E-state index contributed by atoms with van der Waals surface area (Å²) in [6, 6.07) is 5.97. The fraction of sp³-hybridized carbons (Fsp3) is 0.500. The van der Waals surface area contributed by atoms with Gasteiger partial charge in [0.1, 0.15) is 18.1 Å². The van der Waals surface area contributed by atoms with Gasteiger partial charge in [0.2, 0.25) is 0 Å². The first-order valence-corrected chi connectivity index (χ1v) is 10.0. The molecule has 0 spiro atoms. The van der Waals surface area contributed by atoms with Gasteiger partial charge in [-0.1, -0.05) is 22.9 Å². The van der Waals surface area contributed by atoms with Gasteiger partial charge in [0.05, 0.1) is 18.1 Å². The van der Waals surface area contributed by atoms with Crippen LogP contribution in [-0.4, -0.2) is 41.6 Å². The fourth-order valence-electron chi connectivity index (χ4n) is 3.57. The van der Waals surface area contributed by atoms with E-state index in [4.69, 9.17) is 14.0 Å². The minimum atomic E-state index is -0.191. The van der Waals surface area contributed by atoms with Crippen molar-refractivity contribution in [2.24, 2.45) is 5.92 Å². The van der Waals surface area contributed by atoms with Crippen molar-refractivity contribution >= 4 is 11.9 Å². The molecule has 1 aliphatic heterocycles. The molecule has 0 N–H and O–H groups in total. The van der Waals surface area contributed by atoms with Crippen LogP contribution in [0.4, 0.5) is 0 Å². The SMILES string of the molecule is CCOC(=O)C1CCN(C(=O)c2noc(C)c2COc2ccc(C)cc2C)CC1. The van der Waals surface area contributed by atoms with Crippen LogP contribution in [-0.2, 0) is 16.1 Å². The number of piperidine rings is 1. The van der Waals surface area contributed by atoms with Crippen LogP contribution in [0.3, 0.4) is 0 Å². The highest BCUT2D eigenvalue weighted by Crippen LogP contribution is 2.25. The van der Waals surface area contributed by atoms with Crippen molar-refractivity contribution in [1.82, 2.24) is 10.1 Å². The lowest BCUT2D eigenvalue weighted by molar-refractivity contribution is -0.149. The van der Waals surface area contributed by atoms with E-state index in [-0.39, 0.29) is 30.1 Å². The van der Waals surface area contributed by atoms with E-state index in [1.807, 2.05) is 26.0 Å². The third-order valence-corrected chi connectivity index (χ3v) is 5.29. The second kappa shape index (κ2) is 9.11. The maximum absolute atomic E-state index is 13.0. The largest absolute Gasteiger partial charge is 0.488 e. The van der Waals surface area contributed by atoms with Crippen LogP contribution < -0.4 is 4.74 Å². The van der Waals surface area contributed by atoms with Gasteiger partial charge in [0, 0.05) is 13.1 Å². The molecule has 0 unspecified atom stereocenters. The lowest BCUT2D eigenvalue weighted by atomic mass is 9.96. The number of nitrogens with zero attached hydrogens (tertiary/aromatic N) is 2. The minimum absolute atomic E-state index is 0.148. The third kappa shape index (κ3) is 4.78. The first-order chi connectivity index (χ1) is 13.9. The van der Waals surface area contributed by atoms with E-state index in [0.717, 1.165) is 16.9 Å². The Hall–Kier alpha value is -2.83. The number of hydrogen-bond acceptors (Lipinski definition) is 6. The summed E-state index contributed by atoms with van der Waals surface area (Å²) in [7, 11) is 0. The molecule has 0 bridgehead atoms. The number of amides is 1. The normalized spacial score (nSPS) is 14.7. The van der Waals surface area contributed by atoms with Gasteiger partial charge >= 0.3 is 5.97 Å². The molecule has 1 aliphatic rings. The first kappa shape index (κ1) is 20.9. The minimum Gasteiger partial charge on any atom is -0.488 e. The quantitative estimate of drug-likeness (QED) is 0.689. The molecular formula is C22H28N2O5. The molecule has 0 aliphatic carbocycles. The smallest absolute Gasteiger partial charge is 0.309 e. The average molecular weight is 400 g/mol. The molecule has 0 radical (unpaired) electrons. The zero-order valence-corrected chi connectivity index (χ0v) is 17.5. The van der Waals surface area contributed by atoms with Crippen molar-refractivity contribution in [3.05, 3.63) is 46.3 Å². The lowest BCUT2D eigenvalue weighted by Crippen LogP contribution is -2.41. The monoisotopic (exact) mass is 400 g/mol. The molecule has 0 atom stereocenters. The van der Waals surface area contributed by atoms with Gasteiger partial charge < -0.3 is 18.9 Å². The molecule has 1 fully saturated rings. The van der Waals surface area contributed by atoms with E-state index in [1.54, 1.807) is 18.7 Å². The number of carbonyl (C=O) groups excluding carboxylic acids is 2. The number of likely N-dealkylation sites (tertiary alicyclic amines) is 1. The molecule has 1 saturated heterocycles. The highest BCUT2D eigenvalue weighted by Gasteiger charge is 2.31. The van der Waals surface area contributed by atoms with E-state index in [9.17, 15) is 9.59 Å².